The molecule has 0 bridgehead atoms. The fraction of sp³-hybridized carbons (Fsp3) is 0.455. The Morgan fingerprint density at radius 1 is 1.50 bits per heavy atom. The van der Waals surface area contributed by atoms with Crippen LogP contribution in [0.5, 0.6) is 0 Å². The van der Waals surface area contributed by atoms with Crippen LogP contribution in [0.1, 0.15) is 31.9 Å². The topological polar surface area (TPSA) is 26.0 Å². The van der Waals surface area contributed by atoms with Crippen LogP contribution in [0.25, 0.3) is 0 Å². The van der Waals surface area contributed by atoms with E-state index in [0.29, 0.717) is 5.92 Å². The summed E-state index contributed by atoms with van der Waals surface area (Å²) in [5.41, 5.74) is 7.14. The zero-order chi connectivity index (χ0) is 10.7. The molecule has 0 aliphatic rings. The molecule has 0 radical (unpaired) electrons. The van der Waals surface area contributed by atoms with Crippen molar-refractivity contribution in [1.82, 2.24) is 0 Å². The number of nitrogens with two attached hydrogens (primary N) is 1. The molecule has 1 aromatic carbocycles. The van der Waals surface area contributed by atoms with Gasteiger partial charge in [0.15, 0.2) is 0 Å². The fourth-order valence-corrected chi connectivity index (χ4v) is 1.95. The lowest BCUT2D eigenvalue weighted by Crippen LogP contribution is -2.18. The summed E-state index contributed by atoms with van der Waals surface area (Å²) >= 11 is 9.51. The fourth-order valence-electron chi connectivity index (χ4n) is 1.33. The maximum atomic E-state index is 6.11. The van der Waals surface area contributed by atoms with E-state index < -0.39 is 0 Å². The molecule has 0 saturated heterocycles. The van der Waals surface area contributed by atoms with Gasteiger partial charge in [0, 0.05) is 15.5 Å². The van der Waals surface area contributed by atoms with Gasteiger partial charge in [-0.25, -0.2) is 0 Å². The molecule has 0 amide bonds. The third-order valence-electron chi connectivity index (χ3n) is 2.57. The highest BCUT2D eigenvalue weighted by Crippen LogP contribution is 2.30. The normalized spacial score (nSPS) is 15.2. The second-order valence-electron chi connectivity index (χ2n) is 3.58. The lowest BCUT2D eigenvalue weighted by atomic mass is 9.93. The molecule has 14 heavy (non-hydrogen) atoms. The lowest BCUT2D eigenvalue weighted by Gasteiger charge is -2.20. The highest BCUT2D eigenvalue weighted by molar-refractivity contribution is 9.10. The maximum Gasteiger partial charge on any atom is 0.0454 e. The first kappa shape index (κ1) is 12.0. The van der Waals surface area contributed by atoms with Gasteiger partial charge in [-0.05, 0) is 29.7 Å². The molecule has 78 valence electrons. The van der Waals surface area contributed by atoms with Crippen molar-refractivity contribution in [2.75, 3.05) is 0 Å². The molecule has 0 aliphatic carbocycles. The van der Waals surface area contributed by atoms with Crippen molar-refractivity contribution in [2.24, 2.45) is 11.7 Å². The molecular formula is C11H15BrClN. The number of halogens is 2. The average Bonchev–Trinajstić information content (AvgIpc) is 2.19. The number of hydrogen-bond acceptors (Lipinski definition) is 1. The van der Waals surface area contributed by atoms with Gasteiger partial charge in [-0.1, -0.05) is 47.8 Å². The highest BCUT2D eigenvalue weighted by atomic mass is 79.9. The van der Waals surface area contributed by atoms with Crippen LogP contribution in [0.2, 0.25) is 5.02 Å². The van der Waals surface area contributed by atoms with Gasteiger partial charge in [0.05, 0.1) is 0 Å². The third-order valence-corrected chi connectivity index (χ3v) is 3.41. The van der Waals surface area contributed by atoms with Crippen LogP contribution in [0, 0.1) is 5.92 Å². The first-order valence-corrected chi connectivity index (χ1v) is 5.94. The largest absolute Gasteiger partial charge is 0.324 e. The predicted octanol–water partition coefficient (Wildman–Crippen LogP) is 4.15. The SMILES string of the molecule is CCC(C)[C@H](N)c1cc(Br)ccc1Cl. The molecule has 2 N–H and O–H groups in total. The molecule has 1 unspecified atom stereocenters. The minimum absolute atomic E-state index is 0.0185. The summed E-state index contributed by atoms with van der Waals surface area (Å²) in [5, 5.41) is 0.751. The standard InChI is InChI=1S/C11H15BrClN/c1-3-7(2)11(14)9-6-8(12)4-5-10(9)13/h4-7,11H,3,14H2,1-2H3/t7?,11-/m0/s1. The molecular weight excluding hydrogens is 261 g/mol. The van der Waals surface area contributed by atoms with Gasteiger partial charge in [-0.3, -0.25) is 0 Å². The Hall–Kier alpha value is -0.0500. The van der Waals surface area contributed by atoms with Gasteiger partial charge >= 0.3 is 0 Å². The first-order valence-electron chi connectivity index (χ1n) is 4.76. The molecule has 2 atom stereocenters. The molecule has 0 saturated carbocycles. The van der Waals surface area contributed by atoms with E-state index in [1.54, 1.807) is 0 Å². The number of rotatable bonds is 3. The Morgan fingerprint density at radius 3 is 2.71 bits per heavy atom. The van der Waals surface area contributed by atoms with Gasteiger partial charge in [-0.2, -0.15) is 0 Å². The second kappa shape index (κ2) is 5.15. The van der Waals surface area contributed by atoms with Crippen LogP contribution >= 0.6 is 27.5 Å². The van der Waals surface area contributed by atoms with Crippen molar-refractivity contribution in [3.8, 4) is 0 Å². The van der Waals surface area contributed by atoms with Gasteiger partial charge in [0.2, 0.25) is 0 Å². The average molecular weight is 277 g/mol. The van der Waals surface area contributed by atoms with E-state index in [1.165, 1.54) is 0 Å². The minimum Gasteiger partial charge on any atom is -0.324 e. The van der Waals surface area contributed by atoms with Crippen molar-refractivity contribution >= 4 is 27.5 Å². The van der Waals surface area contributed by atoms with E-state index in [2.05, 4.69) is 29.8 Å². The quantitative estimate of drug-likeness (QED) is 0.882. The van der Waals surface area contributed by atoms with Crippen LogP contribution in [0.4, 0.5) is 0 Å². The van der Waals surface area contributed by atoms with Crippen LogP contribution in [0.15, 0.2) is 22.7 Å². The molecule has 3 heteroatoms. The van der Waals surface area contributed by atoms with Gasteiger partial charge in [0.25, 0.3) is 0 Å². The van der Waals surface area contributed by atoms with Crippen molar-refractivity contribution < 1.29 is 0 Å². The maximum absolute atomic E-state index is 6.11. The van der Waals surface area contributed by atoms with Crippen LogP contribution in [-0.4, -0.2) is 0 Å². The van der Waals surface area contributed by atoms with Gasteiger partial charge < -0.3 is 5.73 Å². The van der Waals surface area contributed by atoms with Gasteiger partial charge in [-0.15, -0.1) is 0 Å². The smallest absolute Gasteiger partial charge is 0.0454 e. The Balaban J connectivity index is 2.99. The Labute approximate surface area is 98.8 Å². The summed E-state index contributed by atoms with van der Waals surface area (Å²) in [6, 6.07) is 5.82. The van der Waals surface area contributed by atoms with E-state index in [1.807, 2.05) is 18.2 Å². The van der Waals surface area contributed by atoms with E-state index in [9.17, 15) is 0 Å². The number of benzene rings is 1. The highest BCUT2D eigenvalue weighted by Gasteiger charge is 2.16. The summed E-state index contributed by atoms with van der Waals surface area (Å²) < 4.78 is 1.02. The molecule has 1 rings (SSSR count). The summed E-state index contributed by atoms with van der Waals surface area (Å²) in [4.78, 5) is 0. The minimum atomic E-state index is 0.0185. The molecule has 1 aromatic rings. The van der Waals surface area contributed by atoms with E-state index in [-0.39, 0.29) is 6.04 Å². The molecule has 1 nitrogen and oxygen atoms in total. The molecule has 0 aromatic heterocycles. The Morgan fingerprint density at radius 2 is 2.14 bits per heavy atom. The van der Waals surface area contributed by atoms with Crippen LogP contribution in [-0.2, 0) is 0 Å². The predicted molar refractivity (Wildman–Crippen MR) is 65.5 cm³/mol. The second-order valence-corrected chi connectivity index (χ2v) is 4.90. The van der Waals surface area contributed by atoms with Crippen molar-refractivity contribution in [1.29, 1.82) is 0 Å². The Kier molecular flexibility index (Phi) is 4.42. The van der Waals surface area contributed by atoms with E-state index in [0.717, 1.165) is 21.5 Å². The summed E-state index contributed by atoms with van der Waals surface area (Å²) in [7, 11) is 0. The van der Waals surface area contributed by atoms with Crippen LogP contribution < -0.4 is 5.73 Å². The zero-order valence-electron chi connectivity index (χ0n) is 8.43. The Bertz CT molecular complexity index is 314. The van der Waals surface area contributed by atoms with Gasteiger partial charge in [0.1, 0.15) is 0 Å². The molecule has 0 aliphatic heterocycles. The molecule has 0 fully saturated rings. The lowest BCUT2D eigenvalue weighted by molar-refractivity contribution is 0.457. The monoisotopic (exact) mass is 275 g/mol. The summed E-state index contributed by atoms with van der Waals surface area (Å²) in [6.45, 7) is 4.28. The summed E-state index contributed by atoms with van der Waals surface area (Å²) in [5.74, 6) is 0.446. The number of hydrogen-bond donors (Lipinski definition) is 1. The van der Waals surface area contributed by atoms with E-state index in [4.69, 9.17) is 17.3 Å². The van der Waals surface area contributed by atoms with Crippen molar-refractivity contribution in [3.05, 3.63) is 33.3 Å². The molecule has 0 heterocycles. The third kappa shape index (κ3) is 2.72. The van der Waals surface area contributed by atoms with Crippen molar-refractivity contribution in [2.45, 2.75) is 26.3 Å². The molecule has 0 spiro atoms. The zero-order valence-corrected chi connectivity index (χ0v) is 10.8. The van der Waals surface area contributed by atoms with Crippen LogP contribution in [0.3, 0.4) is 0 Å². The first-order chi connectivity index (χ1) is 6.56. The van der Waals surface area contributed by atoms with E-state index >= 15 is 0 Å². The van der Waals surface area contributed by atoms with Crippen molar-refractivity contribution in [3.63, 3.8) is 0 Å². The summed E-state index contributed by atoms with van der Waals surface area (Å²) in [6.07, 6.45) is 1.06.